The molecule has 7 nitrogen and oxygen atoms in total. The summed E-state index contributed by atoms with van der Waals surface area (Å²) in [6, 6.07) is 10.7. The van der Waals surface area contributed by atoms with E-state index in [1.54, 1.807) is 43.3 Å². The van der Waals surface area contributed by atoms with E-state index in [9.17, 15) is 19.8 Å². The zero-order valence-corrected chi connectivity index (χ0v) is 19.2. The molecule has 0 saturated carbocycles. The van der Waals surface area contributed by atoms with Crippen LogP contribution in [0.1, 0.15) is 24.1 Å². The maximum Gasteiger partial charge on any atom is 0.295 e. The van der Waals surface area contributed by atoms with Crippen LogP contribution in [0.5, 0.6) is 11.5 Å². The number of phenolic OH excluding ortho intramolecular Hbond substituents is 1. The summed E-state index contributed by atoms with van der Waals surface area (Å²) in [7, 11) is 3.75. The van der Waals surface area contributed by atoms with Crippen molar-refractivity contribution in [1.82, 2.24) is 9.80 Å². The van der Waals surface area contributed by atoms with Gasteiger partial charge >= 0.3 is 0 Å². The van der Waals surface area contributed by atoms with E-state index in [0.29, 0.717) is 30.8 Å². The van der Waals surface area contributed by atoms with E-state index >= 15 is 0 Å². The molecular weight excluding hydrogens is 464 g/mol. The summed E-state index contributed by atoms with van der Waals surface area (Å²) < 4.78 is 6.31. The number of ketones is 1. The highest BCUT2D eigenvalue weighted by molar-refractivity contribution is 9.10. The smallest absolute Gasteiger partial charge is 0.295 e. The summed E-state index contributed by atoms with van der Waals surface area (Å²) in [5.74, 6) is -1.44. The van der Waals surface area contributed by atoms with Gasteiger partial charge in [0, 0.05) is 23.1 Å². The number of halogens is 1. The number of benzene rings is 2. The first-order valence-corrected chi connectivity index (χ1v) is 10.7. The zero-order valence-electron chi connectivity index (χ0n) is 17.6. The Bertz CT molecular complexity index is 1020. The van der Waals surface area contributed by atoms with Gasteiger partial charge in [-0.1, -0.05) is 34.1 Å². The Balaban J connectivity index is 2.17. The Kier molecular flexibility index (Phi) is 7.02. The van der Waals surface area contributed by atoms with Crippen molar-refractivity contribution in [2.45, 2.75) is 13.0 Å². The van der Waals surface area contributed by atoms with Gasteiger partial charge in [0.1, 0.15) is 5.76 Å². The normalized spacial score (nSPS) is 18.1. The van der Waals surface area contributed by atoms with Crippen LogP contribution < -0.4 is 4.74 Å². The van der Waals surface area contributed by atoms with Crippen molar-refractivity contribution in [3.05, 3.63) is 63.6 Å². The summed E-state index contributed by atoms with van der Waals surface area (Å²) >= 11 is 3.35. The molecule has 1 heterocycles. The molecule has 0 bridgehead atoms. The van der Waals surface area contributed by atoms with Crippen LogP contribution in [0.15, 0.2) is 52.5 Å². The number of ether oxygens (including phenoxy) is 1. The Morgan fingerprint density at radius 1 is 1.16 bits per heavy atom. The Morgan fingerprint density at radius 2 is 1.84 bits per heavy atom. The average Bonchev–Trinajstić information content (AvgIpc) is 2.98. The van der Waals surface area contributed by atoms with Crippen molar-refractivity contribution in [2.75, 3.05) is 33.8 Å². The molecule has 164 valence electrons. The SMILES string of the molecule is CCOc1cc(C2/C(=C(/O)c3ccc(Br)cc3)C(=O)C(=O)N2CCN(C)C)ccc1O. The molecule has 1 fully saturated rings. The number of aliphatic hydroxyl groups is 1. The van der Waals surface area contributed by atoms with E-state index in [2.05, 4.69) is 15.9 Å². The molecule has 0 spiro atoms. The minimum Gasteiger partial charge on any atom is -0.507 e. The number of aliphatic hydroxyl groups excluding tert-OH is 1. The number of phenols is 1. The Morgan fingerprint density at radius 3 is 2.45 bits per heavy atom. The predicted octanol–water partition coefficient (Wildman–Crippen LogP) is 3.54. The molecule has 1 unspecified atom stereocenters. The summed E-state index contributed by atoms with van der Waals surface area (Å²) in [4.78, 5) is 29.3. The van der Waals surface area contributed by atoms with Crippen LogP contribution in [0.4, 0.5) is 0 Å². The molecule has 0 aliphatic carbocycles. The number of likely N-dealkylation sites (tertiary alicyclic amines) is 1. The monoisotopic (exact) mass is 488 g/mol. The number of carbonyl (C=O) groups excluding carboxylic acids is 2. The highest BCUT2D eigenvalue weighted by Crippen LogP contribution is 2.41. The first kappa shape index (κ1) is 22.8. The number of amides is 1. The van der Waals surface area contributed by atoms with Crippen molar-refractivity contribution in [1.29, 1.82) is 0 Å². The highest BCUT2D eigenvalue weighted by atomic mass is 79.9. The molecule has 1 aliphatic rings. The molecule has 2 aromatic rings. The van der Waals surface area contributed by atoms with Gasteiger partial charge in [0.2, 0.25) is 0 Å². The second kappa shape index (κ2) is 9.53. The van der Waals surface area contributed by atoms with Gasteiger partial charge in [-0.2, -0.15) is 0 Å². The lowest BCUT2D eigenvalue weighted by atomic mass is 9.95. The molecule has 3 rings (SSSR count). The minimum absolute atomic E-state index is 0.0132. The van der Waals surface area contributed by atoms with E-state index in [0.717, 1.165) is 4.47 Å². The van der Waals surface area contributed by atoms with Crippen LogP contribution in [0, 0.1) is 0 Å². The largest absolute Gasteiger partial charge is 0.507 e. The van der Waals surface area contributed by atoms with Gasteiger partial charge in [-0.25, -0.2) is 0 Å². The second-order valence-electron chi connectivity index (χ2n) is 7.46. The molecular formula is C23H25BrN2O5. The van der Waals surface area contributed by atoms with Crippen molar-refractivity contribution >= 4 is 33.4 Å². The topological polar surface area (TPSA) is 90.3 Å². The summed E-state index contributed by atoms with van der Waals surface area (Å²) in [6.07, 6.45) is 0. The van der Waals surface area contributed by atoms with Crippen LogP contribution in [0.2, 0.25) is 0 Å². The quantitative estimate of drug-likeness (QED) is 0.352. The van der Waals surface area contributed by atoms with Crippen molar-refractivity contribution in [3.63, 3.8) is 0 Å². The zero-order chi connectivity index (χ0) is 22.7. The highest BCUT2D eigenvalue weighted by Gasteiger charge is 2.46. The predicted molar refractivity (Wildman–Crippen MR) is 121 cm³/mol. The molecule has 2 aromatic carbocycles. The number of aromatic hydroxyl groups is 1. The van der Waals surface area contributed by atoms with E-state index in [1.165, 1.54) is 11.0 Å². The summed E-state index contributed by atoms with van der Waals surface area (Å²) in [6.45, 7) is 2.97. The number of carbonyl (C=O) groups is 2. The van der Waals surface area contributed by atoms with Gasteiger partial charge in [-0.05, 0) is 50.8 Å². The maximum atomic E-state index is 13.0. The van der Waals surface area contributed by atoms with E-state index in [-0.39, 0.29) is 22.8 Å². The van der Waals surface area contributed by atoms with Crippen molar-refractivity contribution < 1.29 is 24.5 Å². The third-order valence-electron chi connectivity index (χ3n) is 5.05. The number of likely N-dealkylation sites (N-methyl/N-ethyl adjacent to an activating group) is 1. The van der Waals surface area contributed by atoms with Gasteiger partial charge in [0.05, 0.1) is 18.2 Å². The molecule has 0 aromatic heterocycles. The number of nitrogens with zero attached hydrogens (tertiary/aromatic N) is 2. The standard InChI is InChI=1S/C23H25BrN2O5/c1-4-31-18-13-15(7-10-17(18)27)20-19(21(28)14-5-8-16(24)9-6-14)22(29)23(30)26(20)12-11-25(2)3/h5-10,13,20,27-28H,4,11-12H2,1-3H3/b21-19-. The lowest BCUT2D eigenvalue weighted by molar-refractivity contribution is -0.140. The average molecular weight is 489 g/mol. The molecule has 0 radical (unpaired) electrons. The molecule has 8 heteroatoms. The van der Waals surface area contributed by atoms with Gasteiger partial charge in [0.25, 0.3) is 11.7 Å². The first-order chi connectivity index (χ1) is 14.7. The van der Waals surface area contributed by atoms with E-state index < -0.39 is 17.7 Å². The first-order valence-electron chi connectivity index (χ1n) is 9.89. The summed E-state index contributed by atoms with van der Waals surface area (Å²) in [5, 5.41) is 21.1. The number of hydrogen-bond acceptors (Lipinski definition) is 6. The van der Waals surface area contributed by atoms with E-state index in [4.69, 9.17) is 4.74 Å². The fraction of sp³-hybridized carbons (Fsp3) is 0.304. The van der Waals surface area contributed by atoms with Crippen LogP contribution in [-0.2, 0) is 9.59 Å². The fourth-order valence-electron chi connectivity index (χ4n) is 3.50. The number of Topliss-reactive ketones (excluding diaryl/α,β-unsaturated/α-hetero) is 1. The lowest BCUT2D eigenvalue weighted by Crippen LogP contribution is -2.35. The van der Waals surface area contributed by atoms with Crippen LogP contribution >= 0.6 is 15.9 Å². The molecule has 1 aliphatic heterocycles. The van der Waals surface area contributed by atoms with Crippen molar-refractivity contribution in [3.8, 4) is 11.5 Å². The molecule has 1 amide bonds. The molecule has 1 saturated heterocycles. The van der Waals surface area contributed by atoms with Gasteiger partial charge in [-0.3, -0.25) is 9.59 Å². The van der Waals surface area contributed by atoms with Crippen LogP contribution in [-0.4, -0.2) is 65.5 Å². The maximum absolute atomic E-state index is 13.0. The minimum atomic E-state index is -0.802. The molecule has 31 heavy (non-hydrogen) atoms. The van der Waals surface area contributed by atoms with Crippen molar-refractivity contribution in [2.24, 2.45) is 0 Å². The second-order valence-corrected chi connectivity index (χ2v) is 8.38. The number of hydrogen-bond donors (Lipinski definition) is 2. The Labute approximate surface area is 189 Å². The van der Waals surface area contributed by atoms with Crippen LogP contribution in [0.3, 0.4) is 0 Å². The molecule has 2 N–H and O–H groups in total. The lowest BCUT2D eigenvalue weighted by Gasteiger charge is -2.27. The molecule has 1 atom stereocenters. The third kappa shape index (κ3) is 4.75. The third-order valence-corrected chi connectivity index (χ3v) is 5.57. The van der Waals surface area contributed by atoms with Crippen LogP contribution in [0.25, 0.3) is 5.76 Å². The number of rotatable bonds is 7. The van der Waals surface area contributed by atoms with Gasteiger partial charge in [0.15, 0.2) is 11.5 Å². The van der Waals surface area contributed by atoms with Gasteiger partial charge < -0.3 is 24.7 Å². The summed E-state index contributed by atoms with van der Waals surface area (Å²) in [5.41, 5.74) is 1.01. The van der Waals surface area contributed by atoms with Gasteiger partial charge in [-0.15, -0.1) is 0 Å². The Hall–Kier alpha value is -2.84. The van der Waals surface area contributed by atoms with E-state index in [1.807, 2.05) is 19.0 Å². The fourth-order valence-corrected chi connectivity index (χ4v) is 3.76.